The van der Waals surface area contributed by atoms with Crippen LogP contribution in [0.4, 0.5) is 0 Å². The normalized spacial score (nSPS) is 16.9. The van der Waals surface area contributed by atoms with Gasteiger partial charge in [-0.2, -0.15) is 0 Å². The van der Waals surface area contributed by atoms with E-state index in [1.807, 2.05) is 13.8 Å². The van der Waals surface area contributed by atoms with E-state index in [1.165, 1.54) is 6.26 Å². The Labute approximate surface area is 115 Å². The van der Waals surface area contributed by atoms with Gasteiger partial charge in [-0.25, -0.2) is 8.42 Å². The fourth-order valence-electron chi connectivity index (χ4n) is 1.99. The smallest absolute Gasteiger partial charge is 0.175 e. The summed E-state index contributed by atoms with van der Waals surface area (Å²) in [6.45, 7) is 3.94. The highest BCUT2D eigenvalue weighted by Gasteiger charge is 2.17. The molecule has 0 radical (unpaired) electrons. The molecule has 0 aliphatic heterocycles. The molecule has 0 saturated heterocycles. The second kappa shape index (κ2) is 6.50. The lowest BCUT2D eigenvalue weighted by atomic mass is 9.92. The maximum absolute atomic E-state index is 11.4. The maximum Gasteiger partial charge on any atom is 0.175 e. The molecular formula is C14H23NO3S. The monoisotopic (exact) mass is 285 g/mol. The van der Waals surface area contributed by atoms with Gasteiger partial charge in [-0.1, -0.05) is 26.0 Å². The third-order valence-electron chi connectivity index (χ3n) is 3.44. The molecule has 0 bridgehead atoms. The quantitative estimate of drug-likeness (QED) is 0.833. The van der Waals surface area contributed by atoms with Gasteiger partial charge >= 0.3 is 0 Å². The molecule has 0 aliphatic rings. The van der Waals surface area contributed by atoms with Crippen molar-refractivity contribution in [3.8, 4) is 0 Å². The molecule has 0 fully saturated rings. The summed E-state index contributed by atoms with van der Waals surface area (Å²) in [6.07, 6.45) is 1.97. The minimum atomic E-state index is -3.16. The number of nitrogens with two attached hydrogens (primary N) is 1. The van der Waals surface area contributed by atoms with Crippen LogP contribution in [-0.2, 0) is 9.84 Å². The topological polar surface area (TPSA) is 80.4 Å². The first-order valence-electron chi connectivity index (χ1n) is 6.49. The van der Waals surface area contributed by atoms with Crippen molar-refractivity contribution in [3.63, 3.8) is 0 Å². The molecule has 1 aromatic carbocycles. The van der Waals surface area contributed by atoms with Gasteiger partial charge in [0.05, 0.1) is 11.0 Å². The molecular weight excluding hydrogens is 262 g/mol. The van der Waals surface area contributed by atoms with Crippen molar-refractivity contribution in [2.24, 2.45) is 5.73 Å². The predicted octanol–water partition coefficient (Wildman–Crippen LogP) is 1.68. The highest BCUT2D eigenvalue weighted by molar-refractivity contribution is 7.90. The molecule has 4 nitrogen and oxygen atoms in total. The number of hydrogen-bond acceptors (Lipinski definition) is 4. The summed E-state index contributed by atoms with van der Waals surface area (Å²) < 4.78 is 22.7. The lowest BCUT2D eigenvalue weighted by molar-refractivity contribution is 0.126. The van der Waals surface area contributed by atoms with Crippen LogP contribution in [0.25, 0.3) is 0 Å². The van der Waals surface area contributed by atoms with Gasteiger partial charge in [0.2, 0.25) is 0 Å². The van der Waals surface area contributed by atoms with Gasteiger partial charge < -0.3 is 10.8 Å². The third-order valence-corrected chi connectivity index (χ3v) is 4.57. The highest BCUT2D eigenvalue weighted by atomic mass is 32.2. The summed E-state index contributed by atoms with van der Waals surface area (Å²) in [5, 5.41) is 9.91. The Kier molecular flexibility index (Phi) is 5.52. The molecule has 3 N–H and O–H groups in total. The fourth-order valence-corrected chi connectivity index (χ4v) is 2.62. The number of benzene rings is 1. The van der Waals surface area contributed by atoms with Gasteiger partial charge in [0.25, 0.3) is 0 Å². The van der Waals surface area contributed by atoms with Crippen molar-refractivity contribution in [2.75, 3.05) is 6.26 Å². The van der Waals surface area contributed by atoms with E-state index in [0.717, 1.165) is 12.0 Å². The van der Waals surface area contributed by atoms with Gasteiger partial charge in [0, 0.05) is 12.3 Å². The minimum absolute atomic E-state index is 0.140. The first-order valence-corrected chi connectivity index (χ1v) is 8.38. The van der Waals surface area contributed by atoms with Crippen LogP contribution in [0.3, 0.4) is 0 Å². The molecule has 0 aliphatic carbocycles. The van der Waals surface area contributed by atoms with Crippen molar-refractivity contribution in [1.29, 1.82) is 0 Å². The van der Waals surface area contributed by atoms with Crippen LogP contribution in [-0.4, -0.2) is 31.9 Å². The van der Waals surface area contributed by atoms with Crippen LogP contribution in [0.5, 0.6) is 0 Å². The van der Waals surface area contributed by atoms with Crippen molar-refractivity contribution in [1.82, 2.24) is 0 Å². The zero-order chi connectivity index (χ0) is 14.6. The summed E-state index contributed by atoms with van der Waals surface area (Å²) in [5.74, 6) is 0.140. The van der Waals surface area contributed by atoms with E-state index in [0.29, 0.717) is 11.3 Å². The summed E-state index contributed by atoms with van der Waals surface area (Å²) in [6, 6.07) is 6.59. The lowest BCUT2D eigenvalue weighted by Crippen LogP contribution is -2.34. The van der Waals surface area contributed by atoms with E-state index in [9.17, 15) is 13.5 Å². The Morgan fingerprint density at radius 3 is 2.21 bits per heavy atom. The fraction of sp³-hybridized carbons (Fsp3) is 0.571. The van der Waals surface area contributed by atoms with Crippen molar-refractivity contribution in [2.45, 2.75) is 49.6 Å². The van der Waals surface area contributed by atoms with Crippen LogP contribution in [0, 0.1) is 0 Å². The van der Waals surface area contributed by atoms with Gasteiger partial charge in [0.15, 0.2) is 9.84 Å². The zero-order valence-electron chi connectivity index (χ0n) is 11.7. The lowest BCUT2D eigenvalue weighted by Gasteiger charge is -2.21. The molecule has 3 unspecified atom stereocenters. The third kappa shape index (κ3) is 4.60. The van der Waals surface area contributed by atoms with Crippen LogP contribution >= 0.6 is 0 Å². The molecule has 0 spiro atoms. The largest absolute Gasteiger partial charge is 0.391 e. The highest BCUT2D eigenvalue weighted by Crippen LogP contribution is 2.23. The van der Waals surface area contributed by atoms with Crippen molar-refractivity contribution < 1.29 is 13.5 Å². The molecule has 0 aromatic heterocycles. The van der Waals surface area contributed by atoms with Crippen molar-refractivity contribution >= 4 is 9.84 Å². The second-order valence-corrected chi connectivity index (χ2v) is 7.13. The first-order chi connectivity index (χ1) is 8.75. The molecule has 3 atom stereocenters. The molecule has 0 amide bonds. The average molecular weight is 285 g/mol. The Balaban J connectivity index is 2.76. The first kappa shape index (κ1) is 16.1. The van der Waals surface area contributed by atoms with Gasteiger partial charge in [-0.15, -0.1) is 0 Å². The Morgan fingerprint density at radius 1 is 1.26 bits per heavy atom. The number of rotatable bonds is 6. The number of aliphatic hydroxyl groups is 1. The molecule has 108 valence electrons. The molecule has 1 rings (SSSR count). The zero-order valence-corrected chi connectivity index (χ0v) is 12.5. The Hall–Kier alpha value is -0.910. The summed E-state index contributed by atoms with van der Waals surface area (Å²) >= 11 is 0. The van der Waals surface area contributed by atoms with E-state index in [2.05, 4.69) is 0 Å². The number of sulfone groups is 1. The number of hydrogen-bond donors (Lipinski definition) is 2. The molecule has 19 heavy (non-hydrogen) atoms. The van der Waals surface area contributed by atoms with Crippen LogP contribution in [0.15, 0.2) is 29.2 Å². The summed E-state index contributed by atoms with van der Waals surface area (Å²) in [4.78, 5) is 0.314. The van der Waals surface area contributed by atoms with Gasteiger partial charge in [0.1, 0.15) is 0 Å². The number of aliphatic hydroxyl groups excluding tert-OH is 1. The van der Waals surface area contributed by atoms with Crippen LogP contribution in [0.2, 0.25) is 0 Å². The second-order valence-electron chi connectivity index (χ2n) is 5.12. The Morgan fingerprint density at radius 2 is 1.79 bits per heavy atom. The van der Waals surface area contributed by atoms with E-state index < -0.39 is 15.9 Å². The summed E-state index contributed by atoms with van der Waals surface area (Å²) in [5.41, 5.74) is 6.80. The molecule has 0 heterocycles. The SMILES string of the molecule is CCC(N)C(O)CC(C)c1ccc(S(C)(=O)=O)cc1. The predicted molar refractivity (Wildman–Crippen MR) is 76.9 cm³/mol. The van der Waals surface area contributed by atoms with E-state index >= 15 is 0 Å². The Bertz CT molecular complexity index is 496. The van der Waals surface area contributed by atoms with E-state index in [1.54, 1.807) is 24.3 Å². The van der Waals surface area contributed by atoms with Gasteiger partial charge in [-0.3, -0.25) is 0 Å². The average Bonchev–Trinajstić information content (AvgIpc) is 2.36. The van der Waals surface area contributed by atoms with E-state index in [-0.39, 0.29) is 12.0 Å². The van der Waals surface area contributed by atoms with Crippen LogP contribution < -0.4 is 5.73 Å². The van der Waals surface area contributed by atoms with Crippen molar-refractivity contribution in [3.05, 3.63) is 29.8 Å². The molecule has 1 aromatic rings. The molecule has 5 heteroatoms. The van der Waals surface area contributed by atoms with E-state index in [4.69, 9.17) is 5.73 Å². The molecule has 0 saturated carbocycles. The standard InChI is InChI=1S/C14H23NO3S/c1-4-13(15)14(16)9-10(2)11-5-7-12(8-6-11)19(3,17)18/h5-8,10,13-14,16H,4,9,15H2,1-3H3. The minimum Gasteiger partial charge on any atom is -0.391 e. The van der Waals surface area contributed by atoms with Crippen LogP contribution in [0.1, 0.15) is 38.2 Å². The van der Waals surface area contributed by atoms with Gasteiger partial charge in [-0.05, 0) is 36.5 Å². The maximum atomic E-state index is 11.4. The summed E-state index contributed by atoms with van der Waals surface area (Å²) in [7, 11) is -3.16.